The molecule has 0 unspecified atom stereocenters. The second kappa shape index (κ2) is 15.5. The molecule has 4 aliphatic heterocycles. The standard InChI is InChI=1S/C28H43NO2.C28H41NO2/c2*1-16-11-25-26(29-15-16)18(3)28(31-25)10-8-21-22-6-5-19-12-20(30)7-9-27(19,4)24(22)13-23(21)17(2)14-28/h5,16,18,20-22,24-26,29-30H,6-15H2,1-4H3;5,16,18,21-22,24-26,29H,6-15H2,1-4H3/t16-,18+,20-,21-,22-,24-,25+,26-,27-,28-;16-,18+,21-,22-,24-,25+,26-,27-,28-/m00/s1. The highest BCUT2D eigenvalue weighted by Gasteiger charge is 2.60. The van der Waals surface area contributed by atoms with E-state index in [1.807, 2.05) is 0 Å². The molecule has 0 amide bonds. The zero-order valence-corrected chi connectivity index (χ0v) is 40.1. The molecule has 0 aromatic rings. The second-order valence-corrected chi connectivity index (χ2v) is 25.2. The van der Waals surface area contributed by atoms with Crippen molar-refractivity contribution in [1.29, 1.82) is 0 Å². The molecular weight excluding hydrogens is 765 g/mol. The topological polar surface area (TPSA) is 79.8 Å². The summed E-state index contributed by atoms with van der Waals surface area (Å²) in [6.45, 7) is 21.9. The molecule has 3 N–H and O–H groups in total. The lowest BCUT2D eigenvalue weighted by Crippen LogP contribution is -2.48. The smallest absolute Gasteiger partial charge is 0.136 e. The summed E-state index contributed by atoms with van der Waals surface area (Å²) in [7, 11) is 0. The maximum atomic E-state index is 12.1. The molecule has 0 aromatic heterocycles. The normalized spacial score (nSPS) is 52.9. The highest BCUT2D eigenvalue weighted by Crippen LogP contribution is 2.65. The monoisotopic (exact) mass is 849 g/mol. The van der Waals surface area contributed by atoms with Crippen LogP contribution in [0.3, 0.4) is 0 Å². The molecule has 12 aliphatic rings. The van der Waals surface area contributed by atoms with E-state index >= 15 is 0 Å². The van der Waals surface area contributed by atoms with Gasteiger partial charge in [-0.25, -0.2) is 0 Å². The van der Waals surface area contributed by atoms with Gasteiger partial charge < -0.3 is 25.2 Å². The molecule has 4 saturated carbocycles. The Balaban J connectivity index is 0.000000139. The molecule has 0 bridgehead atoms. The minimum absolute atomic E-state index is 0.0418. The van der Waals surface area contributed by atoms with Crippen LogP contribution in [0, 0.1) is 70.0 Å². The summed E-state index contributed by atoms with van der Waals surface area (Å²) < 4.78 is 14.0. The van der Waals surface area contributed by atoms with E-state index in [9.17, 15) is 9.90 Å². The Labute approximate surface area is 375 Å². The Morgan fingerprint density at radius 3 is 1.69 bits per heavy atom. The summed E-state index contributed by atoms with van der Waals surface area (Å²) in [5.74, 6) is 7.72. The van der Waals surface area contributed by atoms with Crippen molar-refractivity contribution in [3.05, 3.63) is 45.6 Å². The van der Waals surface area contributed by atoms with Crippen LogP contribution < -0.4 is 10.6 Å². The fraction of sp³-hybridized carbons (Fsp3) is 0.839. The number of piperidine rings is 2. The Morgan fingerprint density at radius 1 is 0.661 bits per heavy atom. The molecule has 4 heterocycles. The SMILES string of the molecule is CC1=C2C[C@H]3[C@@H](CC=C4CC(=O)CC[C@@]43C)[C@@H]2CC[C@@]2(C1)O[C@@H]1C[C@H](C)CN[C@H]1[C@H]2C.CC1=C2C[C@H]3[C@@H](CC=C4C[C@@H](O)CC[C@@]43C)[C@@H]2CC[C@@]2(C1)O[C@@H]1C[C@H](C)CN[C@H]1[C@H]2C. The number of fused-ring (bicyclic) bond motifs is 12. The van der Waals surface area contributed by atoms with Crippen LogP contribution in [0.2, 0.25) is 0 Å². The molecule has 19 atom stereocenters. The van der Waals surface area contributed by atoms with Crippen molar-refractivity contribution in [2.24, 2.45) is 70.0 Å². The third-order valence-corrected chi connectivity index (χ3v) is 21.9. The highest BCUT2D eigenvalue weighted by atomic mass is 16.5. The van der Waals surface area contributed by atoms with Gasteiger partial charge in [-0.05, 0) is 188 Å². The predicted octanol–water partition coefficient (Wildman–Crippen LogP) is 11.0. The zero-order chi connectivity index (χ0) is 43.1. The van der Waals surface area contributed by atoms with Gasteiger partial charge in [0.2, 0.25) is 0 Å². The number of carbonyl (C=O) groups excluding carboxylic acids is 1. The number of allylic oxidation sites excluding steroid dienone is 5. The largest absolute Gasteiger partial charge is 0.393 e. The van der Waals surface area contributed by atoms with Gasteiger partial charge in [-0.1, -0.05) is 87.1 Å². The van der Waals surface area contributed by atoms with E-state index in [-0.39, 0.29) is 22.7 Å². The average molecular weight is 849 g/mol. The van der Waals surface area contributed by atoms with Gasteiger partial charge in [0.05, 0.1) is 29.5 Å². The van der Waals surface area contributed by atoms with E-state index in [1.54, 1.807) is 27.9 Å². The van der Waals surface area contributed by atoms with Crippen LogP contribution in [0.5, 0.6) is 0 Å². The number of ketones is 1. The van der Waals surface area contributed by atoms with Crippen LogP contribution in [0.1, 0.15) is 171 Å². The van der Waals surface area contributed by atoms with Gasteiger partial charge in [-0.2, -0.15) is 0 Å². The van der Waals surface area contributed by atoms with Crippen molar-refractivity contribution >= 4 is 5.78 Å². The summed E-state index contributed by atoms with van der Waals surface area (Å²) in [4.78, 5) is 12.1. The minimum Gasteiger partial charge on any atom is -0.393 e. The lowest BCUT2D eigenvalue weighted by molar-refractivity contribution is -0.121. The van der Waals surface area contributed by atoms with Gasteiger partial charge in [0.15, 0.2) is 0 Å². The lowest BCUT2D eigenvalue weighted by atomic mass is 9.56. The van der Waals surface area contributed by atoms with Gasteiger partial charge in [-0.15, -0.1) is 0 Å². The molecule has 6 heteroatoms. The summed E-state index contributed by atoms with van der Waals surface area (Å²) in [5, 5.41) is 18.0. The third kappa shape index (κ3) is 6.63. The summed E-state index contributed by atoms with van der Waals surface area (Å²) >= 11 is 0. The number of carbonyl (C=O) groups is 1. The van der Waals surface area contributed by atoms with Crippen LogP contribution in [-0.4, -0.2) is 65.6 Å². The summed E-state index contributed by atoms with van der Waals surface area (Å²) in [6, 6.07) is 1.09. The van der Waals surface area contributed by atoms with E-state index in [0.29, 0.717) is 47.3 Å². The van der Waals surface area contributed by atoms with E-state index in [1.165, 1.54) is 76.2 Å². The molecule has 0 aromatic carbocycles. The fourth-order valence-electron chi connectivity index (χ4n) is 18.3. The molecule has 8 fully saturated rings. The van der Waals surface area contributed by atoms with E-state index in [0.717, 1.165) is 105 Å². The van der Waals surface area contributed by atoms with Crippen LogP contribution in [0.15, 0.2) is 45.6 Å². The quantitative estimate of drug-likeness (QED) is 0.211. The Kier molecular flexibility index (Phi) is 10.8. The predicted molar refractivity (Wildman–Crippen MR) is 248 cm³/mol. The summed E-state index contributed by atoms with van der Waals surface area (Å²) in [5.41, 5.74) is 10.6. The van der Waals surface area contributed by atoms with Crippen LogP contribution in [0.25, 0.3) is 0 Å². The Morgan fingerprint density at radius 2 is 1.16 bits per heavy atom. The first-order valence-electron chi connectivity index (χ1n) is 26.4. The molecule has 8 aliphatic carbocycles. The van der Waals surface area contributed by atoms with Gasteiger partial charge >= 0.3 is 0 Å². The number of ether oxygens (including phenoxy) is 2. The first kappa shape index (κ1) is 43.0. The lowest BCUT2D eigenvalue weighted by Gasteiger charge is -2.49. The van der Waals surface area contributed by atoms with Crippen molar-refractivity contribution in [1.82, 2.24) is 10.6 Å². The van der Waals surface area contributed by atoms with Gasteiger partial charge in [-0.3, -0.25) is 4.79 Å². The van der Waals surface area contributed by atoms with Crippen LogP contribution >= 0.6 is 0 Å². The first-order valence-corrected chi connectivity index (χ1v) is 26.4. The molecule has 6 nitrogen and oxygen atoms in total. The Bertz CT molecular complexity index is 1950. The minimum atomic E-state index is -0.107. The number of aliphatic hydroxyl groups is 1. The molecular formula is C56H84N2O4. The zero-order valence-electron chi connectivity index (χ0n) is 40.1. The molecule has 2 spiro atoms. The maximum Gasteiger partial charge on any atom is 0.136 e. The molecule has 0 radical (unpaired) electrons. The van der Waals surface area contributed by atoms with Crippen molar-refractivity contribution < 1.29 is 19.4 Å². The molecule has 342 valence electrons. The van der Waals surface area contributed by atoms with E-state index < -0.39 is 0 Å². The number of Topliss-reactive ketones (excluding diaryl/α,β-unsaturated/α-hetero) is 1. The van der Waals surface area contributed by atoms with Crippen LogP contribution in [-0.2, 0) is 14.3 Å². The molecule has 62 heavy (non-hydrogen) atoms. The number of nitrogens with one attached hydrogen (secondary N) is 2. The van der Waals surface area contributed by atoms with Gasteiger partial charge in [0.25, 0.3) is 0 Å². The van der Waals surface area contributed by atoms with Crippen molar-refractivity contribution in [2.75, 3.05) is 13.1 Å². The Hall–Kier alpha value is -1.57. The van der Waals surface area contributed by atoms with E-state index in [4.69, 9.17) is 9.47 Å². The van der Waals surface area contributed by atoms with Gasteiger partial charge in [0.1, 0.15) is 5.78 Å². The molecule has 4 saturated heterocycles. The maximum absolute atomic E-state index is 12.1. The summed E-state index contributed by atoms with van der Waals surface area (Å²) in [6.07, 6.45) is 26.2. The van der Waals surface area contributed by atoms with Crippen molar-refractivity contribution in [3.8, 4) is 0 Å². The van der Waals surface area contributed by atoms with E-state index in [2.05, 4.69) is 78.2 Å². The van der Waals surface area contributed by atoms with Crippen LogP contribution in [0.4, 0.5) is 0 Å². The van der Waals surface area contributed by atoms with Crippen molar-refractivity contribution in [2.45, 2.75) is 213 Å². The number of rotatable bonds is 0. The highest BCUT2D eigenvalue weighted by molar-refractivity contribution is 5.82. The molecule has 12 rings (SSSR count). The third-order valence-electron chi connectivity index (χ3n) is 21.9. The van der Waals surface area contributed by atoms with Crippen molar-refractivity contribution in [3.63, 3.8) is 0 Å². The van der Waals surface area contributed by atoms with Gasteiger partial charge in [0, 0.05) is 36.8 Å². The first-order chi connectivity index (χ1) is 29.6. The number of hydrogen-bond donors (Lipinski definition) is 3. The average Bonchev–Trinajstić information content (AvgIpc) is 3.91. The number of aliphatic hydroxyl groups excluding tert-OH is 1. The fourth-order valence-corrected chi connectivity index (χ4v) is 18.3. The number of hydrogen-bond acceptors (Lipinski definition) is 6. The second-order valence-electron chi connectivity index (χ2n) is 25.2.